The average molecular weight is 397 g/mol. The van der Waals surface area contributed by atoms with Gasteiger partial charge in [-0.05, 0) is 42.7 Å². The highest BCUT2D eigenvalue weighted by Gasteiger charge is 2.09. The van der Waals surface area contributed by atoms with Crippen molar-refractivity contribution in [3.05, 3.63) is 76.7 Å². The van der Waals surface area contributed by atoms with Gasteiger partial charge in [-0.25, -0.2) is 9.97 Å². The van der Waals surface area contributed by atoms with Gasteiger partial charge in [-0.1, -0.05) is 35.9 Å². The van der Waals surface area contributed by atoms with Gasteiger partial charge in [0, 0.05) is 17.3 Å². The molecule has 0 atom stereocenters. The van der Waals surface area contributed by atoms with Crippen LogP contribution in [0.1, 0.15) is 21.6 Å². The molecule has 1 amide bonds. The van der Waals surface area contributed by atoms with Crippen LogP contribution < -0.4 is 15.4 Å². The summed E-state index contributed by atoms with van der Waals surface area (Å²) in [5, 5.41) is 6.63. The number of nitrogens with one attached hydrogen (secondary N) is 2. The van der Waals surface area contributed by atoms with Gasteiger partial charge in [-0.15, -0.1) is 0 Å². The Labute approximate surface area is 168 Å². The molecule has 144 valence electrons. The number of amides is 1. The molecule has 7 heteroatoms. The van der Waals surface area contributed by atoms with Crippen LogP contribution in [0.5, 0.6) is 5.75 Å². The summed E-state index contributed by atoms with van der Waals surface area (Å²) in [6, 6.07) is 13.3. The fourth-order valence-corrected chi connectivity index (χ4v) is 2.86. The number of ether oxygens (including phenoxy) is 1. The van der Waals surface area contributed by atoms with E-state index in [1.165, 1.54) is 12.4 Å². The van der Waals surface area contributed by atoms with Gasteiger partial charge in [0.05, 0.1) is 19.5 Å². The van der Waals surface area contributed by atoms with Crippen molar-refractivity contribution in [1.82, 2.24) is 15.3 Å². The van der Waals surface area contributed by atoms with Crippen molar-refractivity contribution in [2.45, 2.75) is 13.3 Å². The fourth-order valence-electron chi connectivity index (χ4n) is 2.69. The molecule has 0 spiro atoms. The standard InChI is InChI=1S/C21H21ClN4O2/c1-14-7-8-16(22)11-17(14)26-20-13-24-18(12-25-20)21(27)23-10-9-15-5-3-4-6-19(15)28-2/h3-8,11-13H,9-10H2,1-2H3,(H,23,27)(H,25,26). The molecule has 0 saturated heterocycles. The van der Waals surface area contributed by atoms with Crippen molar-refractivity contribution in [3.8, 4) is 5.75 Å². The molecule has 0 aliphatic carbocycles. The minimum Gasteiger partial charge on any atom is -0.496 e. The van der Waals surface area contributed by atoms with E-state index >= 15 is 0 Å². The third-order valence-electron chi connectivity index (χ3n) is 4.22. The SMILES string of the molecule is COc1ccccc1CCNC(=O)c1cnc(Nc2cc(Cl)ccc2C)cn1. The summed E-state index contributed by atoms with van der Waals surface area (Å²) in [5.74, 6) is 1.08. The smallest absolute Gasteiger partial charge is 0.271 e. The summed E-state index contributed by atoms with van der Waals surface area (Å²) in [5.41, 5.74) is 3.17. The van der Waals surface area contributed by atoms with E-state index < -0.39 is 0 Å². The van der Waals surface area contributed by atoms with Crippen LogP contribution in [0, 0.1) is 6.92 Å². The molecule has 0 aliphatic heterocycles. The van der Waals surface area contributed by atoms with Crippen LogP contribution in [0.2, 0.25) is 5.02 Å². The lowest BCUT2D eigenvalue weighted by Gasteiger charge is -2.10. The topological polar surface area (TPSA) is 76.1 Å². The Bertz CT molecular complexity index is 961. The van der Waals surface area contributed by atoms with Gasteiger partial charge in [0.25, 0.3) is 5.91 Å². The lowest BCUT2D eigenvalue weighted by molar-refractivity contribution is 0.0948. The second-order valence-electron chi connectivity index (χ2n) is 6.19. The molecule has 0 radical (unpaired) electrons. The summed E-state index contributed by atoms with van der Waals surface area (Å²) < 4.78 is 5.31. The minimum atomic E-state index is -0.270. The van der Waals surface area contributed by atoms with Crippen LogP contribution in [0.25, 0.3) is 0 Å². The number of anilines is 2. The molecule has 0 saturated carbocycles. The molecule has 3 aromatic rings. The van der Waals surface area contributed by atoms with E-state index in [-0.39, 0.29) is 11.6 Å². The molecule has 2 N–H and O–H groups in total. The van der Waals surface area contributed by atoms with Crippen LogP contribution in [0.3, 0.4) is 0 Å². The van der Waals surface area contributed by atoms with Crippen LogP contribution in [0.4, 0.5) is 11.5 Å². The first-order valence-corrected chi connectivity index (χ1v) is 9.20. The normalized spacial score (nSPS) is 10.4. The Kier molecular flexibility index (Phi) is 6.45. The van der Waals surface area contributed by atoms with E-state index in [0.717, 1.165) is 22.6 Å². The Morgan fingerprint density at radius 2 is 1.96 bits per heavy atom. The van der Waals surface area contributed by atoms with Gasteiger partial charge in [0.15, 0.2) is 0 Å². The molecule has 2 aromatic carbocycles. The molecule has 0 aliphatic rings. The Morgan fingerprint density at radius 1 is 1.14 bits per heavy atom. The number of aryl methyl sites for hydroxylation is 1. The van der Waals surface area contributed by atoms with Crippen molar-refractivity contribution in [2.75, 3.05) is 19.0 Å². The summed E-state index contributed by atoms with van der Waals surface area (Å²) in [4.78, 5) is 20.7. The number of para-hydroxylation sites is 1. The maximum absolute atomic E-state index is 12.3. The number of hydrogen-bond donors (Lipinski definition) is 2. The highest BCUT2D eigenvalue weighted by Crippen LogP contribution is 2.23. The number of methoxy groups -OCH3 is 1. The number of benzene rings is 2. The van der Waals surface area contributed by atoms with Crippen molar-refractivity contribution in [2.24, 2.45) is 0 Å². The Morgan fingerprint density at radius 3 is 2.71 bits per heavy atom. The highest BCUT2D eigenvalue weighted by molar-refractivity contribution is 6.30. The number of aromatic nitrogens is 2. The molecular formula is C21H21ClN4O2. The number of rotatable bonds is 7. The third kappa shape index (κ3) is 4.98. The van der Waals surface area contributed by atoms with E-state index in [1.807, 2.05) is 49.4 Å². The number of halogens is 1. The van der Waals surface area contributed by atoms with E-state index in [2.05, 4.69) is 20.6 Å². The van der Waals surface area contributed by atoms with Gasteiger partial charge in [-0.2, -0.15) is 0 Å². The van der Waals surface area contributed by atoms with E-state index in [9.17, 15) is 4.79 Å². The summed E-state index contributed by atoms with van der Waals surface area (Å²) in [6.07, 6.45) is 3.63. The second-order valence-corrected chi connectivity index (χ2v) is 6.63. The second kappa shape index (κ2) is 9.19. The van der Waals surface area contributed by atoms with Gasteiger partial charge < -0.3 is 15.4 Å². The van der Waals surface area contributed by atoms with Crippen LogP contribution in [-0.4, -0.2) is 29.5 Å². The number of nitrogens with zero attached hydrogens (tertiary/aromatic N) is 2. The highest BCUT2D eigenvalue weighted by atomic mass is 35.5. The van der Waals surface area contributed by atoms with Gasteiger partial charge in [0.1, 0.15) is 17.3 Å². The largest absolute Gasteiger partial charge is 0.496 e. The zero-order valence-electron chi connectivity index (χ0n) is 15.7. The first kappa shape index (κ1) is 19.6. The lowest BCUT2D eigenvalue weighted by Crippen LogP contribution is -2.26. The maximum Gasteiger partial charge on any atom is 0.271 e. The molecule has 0 unspecified atom stereocenters. The minimum absolute atomic E-state index is 0.258. The summed E-state index contributed by atoms with van der Waals surface area (Å²) in [6.45, 7) is 2.44. The van der Waals surface area contributed by atoms with Crippen molar-refractivity contribution in [3.63, 3.8) is 0 Å². The third-order valence-corrected chi connectivity index (χ3v) is 4.45. The fraction of sp³-hybridized carbons (Fsp3) is 0.190. The zero-order valence-corrected chi connectivity index (χ0v) is 16.5. The molecular weight excluding hydrogens is 376 g/mol. The quantitative estimate of drug-likeness (QED) is 0.627. The molecule has 0 fully saturated rings. The van der Waals surface area contributed by atoms with Crippen LogP contribution in [0.15, 0.2) is 54.9 Å². The predicted octanol–water partition coefficient (Wildman–Crippen LogP) is 4.16. The molecule has 0 bridgehead atoms. The first-order chi connectivity index (χ1) is 13.6. The van der Waals surface area contributed by atoms with Gasteiger partial charge in [0.2, 0.25) is 0 Å². The van der Waals surface area contributed by atoms with Crippen molar-refractivity contribution in [1.29, 1.82) is 0 Å². The Hall–Kier alpha value is -3.12. The van der Waals surface area contributed by atoms with E-state index in [4.69, 9.17) is 16.3 Å². The molecule has 3 rings (SSSR count). The van der Waals surface area contributed by atoms with Crippen molar-refractivity contribution >= 4 is 29.0 Å². The van der Waals surface area contributed by atoms with E-state index in [0.29, 0.717) is 23.8 Å². The molecule has 1 aromatic heterocycles. The molecule has 1 heterocycles. The number of hydrogen-bond acceptors (Lipinski definition) is 5. The van der Waals surface area contributed by atoms with Gasteiger partial charge >= 0.3 is 0 Å². The summed E-state index contributed by atoms with van der Waals surface area (Å²) in [7, 11) is 1.63. The Balaban J connectivity index is 1.57. The zero-order chi connectivity index (χ0) is 19.9. The predicted molar refractivity (Wildman–Crippen MR) is 111 cm³/mol. The van der Waals surface area contributed by atoms with Crippen LogP contribution >= 0.6 is 11.6 Å². The number of carbonyl (C=O) groups excluding carboxylic acids is 1. The monoisotopic (exact) mass is 396 g/mol. The van der Waals surface area contributed by atoms with Crippen molar-refractivity contribution < 1.29 is 9.53 Å². The van der Waals surface area contributed by atoms with E-state index in [1.54, 1.807) is 7.11 Å². The number of carbonyl (C=O) groups is 1. The lowest BCUT2D eigenvalue weighted by atomic mass is 10.1. The molecule has 28 heavy (non-hydrogen) atoms. The van der Waals surface area contributed by atoms with Crippen LogP contribution in [-0.2, 0) is 6.42 Å². The average Bonchev–Trinajstić information content (AvgIpc) is 2.71. The summed E-state index contributed by atoms with van der Waals surface area (Å²) >= 11 is 6.02. The molecule has 6 nitrogen and oxygen atoms in total. The maximum atomic E-state index is 12.3. The first-order valence-electron chi connectivity index (χ1n) is 8.82. The van der Waals surface area contributed by atoms with Gasteiger partial charge in [-0.3, -0.25) is 4.79 Å².